The zero-order valence-electron chi connectivity index (χ0n) is 18.5. The number of benzene rings is 4. The maximum atomic E-state index is 13.1. The standard InChI is InChI=1S/C29H23N3OS/c30-20-24(22-32(25-14-6-2-7-15-25)21-23-12-4-1-5-13-23)29(33)31-27-18-10-11-19-28(27)34-26-16-8-3-9-17-26/h1-19,22H,21H2,(H,31,33)/b24-22-. The molecule has 1 amide bonds. The Bertz CT molecular complexity index is 1300. The van der Waals surface area contributed by atoms with E-state index in [1.54, 1.807) is 18.0 Å². The average Bonchev–Trinajstić information content (AvgIpc) is 2.89. The van der Waals surface area contributed by atoms with Crippen LogP contribution in [0.1, 0.15) is 5.56 Å². The summed E-state index contributed by atoms with van der Waals surface area (Å²) in [6.45, 7) is 0.532. The number of rotatable bonds is 8. The summed E-state index contributed by atoms with van der Waals surface area (Å²) in [5.41, 5.74) is 2.66. The summed E-state index contributed by atoms with van der Waals surface area (Å²) in [6.07, 6.45) is 1.62. The Hall–Kier alpha value is -4.27. The molecule has 4 rings (SSSR count). The average molecular weight is 462 g/mol. The SMILES string of the molecule is N#C/C(=C/N(Cc1ccccc1)c1ccccc1)C(=O)Nc1ccccc1Sc1ccccc1. The molecule has 4 aromatic rings. The van der Waals surface area contributed by atoms with E-state index in [4.69, 9.17) is 0 Å². The number of hydrogen-bond donors (Lipinski definition) is 1. The number of para-hydroxylation sites is 2. The Kier molecular flexibility index (Phi) is 7.78. The highest BCUT2D eigenvalue weighted by atomic mass is 32.2. The normalized spacial score (nSPS) is 10.9. The van der Waals surface area contributed by atoms with Crippen LogP contribution in [0.5, 0.6) is 0 Å². The van der Waals surface area contributed by atoms with E-state index < -0.39 is 5.91 Å². The number of hydrogen-bond acceptors (Lipinski definition) is 4. The molecule has 0 spiro atoms. The molecule has 0 aromatic heterocycles. The Labute approximate surface area is 204 Å². The van der Waals surface area contributed by atoms with Gasteiger partial charge in [0.2, 0.25) is 0 Å². The lowest BCUT2D eigenvalue weighted by Gasteiger charge is -2.21. The Morgan fingerprint density at radius 2 is 1.41 bits per heavy atom. The van der Waals surface area contributed by atoms with Gasteiger partial charge in [-0.05, 0) is 42.0 Å². The van der Waals surface area contributed by atoms with Gasteiger partial charge in [-0.3, -0.25) is 4.79 Å². The molecule has 0 radical (unpaired) electrons. The zero-order valence-corrected chi connectivity index (χ0v) is 19.3. The molecule has 1 N–H and O–H groups in total. The third kappa shape index (κ3) is 6.16. The van der Waals surface area contributed by atoms with Crippen molar-refractivity contribution in [2.45, 2.75) is 16.3 Å². The lowest BCUT2D eigenvalue weighted by Crippen LogP contribution is -2.21. The molecule has 4 nitrogen and oxygen atoms in total. The molecule has 0 saturated carbocycles. The van der Waals surface area contributed by atoms with Gasteiger partial charge in [0.25, 0.3) is 5.91 Å². The smallest absolute Gasteiger partial charge is 0.267 e. The van der Waals surface area contributed by atoms with Gasteiger partial charge in [-0.2, -0.15) is 5.26 Å². The molecule has 0 aliphatic heterocycles. The second-order valence-electron chi connectivity index (χ2n) is 7.47. The molecule has 4 aromatic carbocycles. The van der Waals surface area contributed by atoms with E-state index >= 15 is 0 Å². The maximum absolute atomic E-state index is 13.1. The first-order chi connectivity index (χ1) is 16.7. The monoisotopic (exact) mass is 461 g/mol. The number of carbonyl (C=O) groups excluding carboxylic acids is 1. The largest absolute Gasteiger partial charge is 0.342 e. The molecule has 0 fully saturated rings. The fourth-order valence-corrected chi connectivity index (χ4v) is 4.29. The van der Waals surface area contributed by atoms with Crippen molar-refractivity contribution < 1.29 is 4.79 Å². The van der Waals surface area contributed by atoms with Crippen LogP contribution >= 0.6 is 11.8 Å². The van der Waals surface area contributed by atoms with Crippen molar-refractivity contribution in [3.63, 3.8) is 0 Å². The molecule has 0 aliphatic carbocycles. The number of nitriles is 1. The van der Waals surface area contributed by atoms with Crippen LogP contribution in [0.4, 0.5) is 11.4 Å². The molecule has 0 unspecified atom stereocenters. The van der Waals surface area contributed by atoms with Crippen LogP contribution in [0.3, 0.4) is 0 Å². The van der Waals surface area contributed by atoms with Crippen molar-refractivity contribution in [3.8, 4) is 6.07 Å². The molecular formula is C29H23N3OS. The first-order valence-electron chi connectivity index (χ1n) is 10.8. The van der Waals surface area contributed by atoms with Gasteiger partial charge < -0.3 is 10.2 Å². The van der Waals surface area contributed by atoms with Crippen LogP contribution in [-0.4, -0.2) is 5.91 Å². The maximum Gasteiger partial charge on any atom is 0.267 e. The van der Waals surface area contributed by atoms with Gasteiger partial charge in [0.1, 0.15) is 11.6 Å². The number of carbonyl (C=O) groups is 1. The van der Waals surface area contributed by atoms with E-state index in [-0.39, 0.29) is 5.57 Å². The number of anilines is 2. The highest BCUT2D eigenvalue weighted by Crippen LogP contribution is 2.33. The summed E-state index contributed by atoms with van der Waals surface area (Å²) >= 11 is 1.56. The summed E-state index contributed by atoms with van der Waals surface area (Å²) in [6, 6.07) is 39.3. The minimum atomic E-state index is -0.447. The van der Waals surface area contributed by atoms with E-state index in [1.807, 2.05) is 120 Å². The van der Waals surface area contributed by atoms with Gasteiger partial charge in [0, 0.05) is 28.2 Å². The Balaban J connectivity index is 1.59. The Morgan fingerprint density at radius 3 is 2.09 bits per heavy atom. The van der Waals surface area contributed by atoms with Crippen molar-refractivity contribution in [1.29, 1.82) is 5.26 Å². The second kappa shape index (κ2) is 11.6. The molecule has 0 saturated heterocycles. The predicted molar refractivity (Wildman–Crippen MR) is 138 cm³/mol. The van der Waals surface area contributed by atoms with Gasteiger partial charge in [-0.15, -0.1) is 0 Å². The van der Waals surface area contributed by atoms with Crippen molar-refractivity contribution >= 4 is 29.0 Å². The van der Waals surface area contributed by atoms with Crippen LogP contribution in [0, 0.1) is 11.3 Å². The van der Waals surface area contributed by atoms with Gasteiger partial charge >= 0.3 is 0 Å². The van der Waals surface area contributed by atoms with Crippen LogP contribution in [-0.2, 0) is 11.3 Å². The van der Waals surface area contributed by atoms with Crippen LogP contribution in [0.2, 0.25) is 0 Å². The topological polar surface area (TPSA) is 56.1 Å². The zero-order chi connectivity index (χ0) is 23.6. The highest BCUT2D eigenvalue weighted by Gasteiger charge is 2.15. The van der Waals surface area contributed by atoms with Crippen molar-refractivity contribution in [3.05, 3.63) is 133 Å². The molecule has 0 aliphatic rings. The summed E-state index contributed by atoms with van der Waals surface area (Å²) in [7, 11) is 0. The molecule has 0 atom stereocenters. The summed E-state index contributed by atoms with van der Waals surface area (Å²) in [5, 5.41) is 12.8. The summed E-state index contributed by atoms with van der Waals surface area (Å²) < 4.78 is 0. The fraction of sp³-hybridized carbons (Fsp3) is 0.0345. The van der Waals surface area contributed by atoms with E-state index in [2.05, 4.69) is 11.4 Å². The van der Waals surface area contributed by atoms with E-state index in [0.29, 0.717) is 12.2 Å². The van der Waals surface area contributed by atoms with Gasteiger partial charge in [-0.25, -0.2) is 0 Å². The third-order valence-electron chi connectivity index (χ3n) is 5.04. The minimum absolute atomic E-state index is 0.0271. The summed E-state index contributed by atoms with van der Waals surface area (Å²) in [5.74, 6) is -0.447. The second-order valence-corrected chi connectivity index (χ2v) is 8.58. The van der Waals surface area contributed by atoms with Crippen molar-refractivity contribution in [2.24, 2.45) is 0 Å². The molecule has 0 heterocycles. The van der Waals surface area contributed by atoms with Crippen molar-refractivity contribution in [1.82, 2.24) is 0 Å². The number of nitrogens with zero attached hydrogens (tertiary/aromatic N) is 2. The summed E-state index contributed by atoms with van der Waals surface area (Å²) in [4.78, 5) is 17.0. The number of nitrogens with one attached hydrogen (secondary N) is 1. The lowest BCUT2D eigenvalue weighted by atomic mass is 10.2. The van der Waals surface area contributed by atoms with E-state index in [0.717, 1.165) is 21.0 Å². The fourth-order valence-electron chi connectivity index (χ4n) is 3.37. The van der Waals surface area contributed by atoms with Crippen LogP contribution in [0.25, 0.3) is 0 Å². The third-order valence-corrected chi connectivity index (χ3v) is 6.12. The van der Waals surface area contributed by atoms with E-state index in [1.165, 1.54) is 0 Å². The molecule has 5 heteroatoms. The minimum Gasteiger partial charge on any atom is -0.342 e. The van der Waals surface area contributed by atoms with Crippen LogP contribution in [0.15, 0.2) is 137 Å². The first kappa shape index (κ1) is 22.9. The van der Waals surface area contributed by atoms with Gasteiger partial charge in [-0.1, -0.05) is 90.6 Å². The molecule has 166 valence electrons. The molecular weight excluding hydrogens is 438 g/mol. The lowest BCUT2D eigenvalue weighted by molar-refractivity contribution is -0.112. The quantitative estimate of drug-likeness (QED) is 0.229. The van der Waals surface area contributed by atoms with Gasteiger partial charge in [0.05, 0.1) is 5.69 Å². The molecule has 34 heavy (non-hydrogen) atoms. The Morgan fingerprint density at radius 1 is 0.824 bits per heavy atom. The van der Waals surface area contributed by atoms with E-state index in [9.17, 15) is 10.1 Å². The molecule has 0 bridgehead atoms. The number of amides is 1. The van der Waals surface area contributed by atoms with Crippen LogP contribution < -0.4 is 10.2 Å². The van der Waals surface area contributed by atoms with Crippen molar-refractivity contribution in [2.75, 3.05) is 10.2 Å². The first-order valence-corrected chi connectivity index (χ1v) is 11.7. The predicted octanol–water partition coefficient (Wildman–Crippen LogP) is 6.89. The van der Waals surface area contributed by atoms with Gasteiger partial charge in [0.15, 0.2) is 0 Å². The highest BCUT2D eigenvalue weighted by molar-refractivity contribution is 7.99.